The van der Waals surface area contributed by atoms with E-state index < -0.39 is 0 Å². The minimum absolute atomic E-state index is 0.159. The number of phenols is 1. The van der Waals surface area contributed by atoms with Gasteiger partial charge in [-0.15, -0.1) is 10.2 Å². The molecule has 8 nitrogen and oxygen atoms in total. The summed E-state index contributed by atoms with van der Waals surface area (Å²) in [5.41, 5.74) is 9.61. The van der Waals surface area contributed by atoms with E-state index in [2.05, 4.69) is 25.5 Å². The van der Waals surface area contributed by atoms with Crippen LogP contribution in [-0.4, -0.2) is 25.3 Å². The van der Waals surface area contributed by atoms with Gasteiger partial charge >= 0.3 is 0 Å². The first-order chi connectivity index (χ1) is 18.7. The van der Waals surface area contributed by atoms with Crippen molar-refractivity contribution in [3.63, 3.8) is 0 Å². The number of nitrogens with one attached hydrogen (secondary N) is 1. The molecule has 0 bridgehead atoms. The summed E-state index contributed by atoms with van der Waals surface area (Å²) in [4.78, 5) is 8.46. The molecule has 0 fully saturated rings. The Hall–Kier alpha value is -5.50. The maximum Gasteiger partial charge on any atom is 0.227 e. The molecule has 4 N–H and O–H groups in total. The highest BCUT2D eigenvalue weighted by molar-refractivity contribution is 6.01. The van der Waals surface area contributed by atoms with E-state index in [9.17, 15) is 5.11 Å². The molecule has 184 valence electrons. The number of nitrogens with zero attached hydrogens (tertiary/aromatic N) is 4. The largest absolute Gasteiger partial charge is 0.507 e. The zero-order valence-electron chi connectivity index (χ0n) is 20.1. The molecule has 3 heterocycles. The summed E-state index contributed by atoms with van der Waals surface area (Å²) in [6.07, 6.45) is 3.34. The second-order valence-corrected chi connectivity index (χ2v) is 8.54. The van der Waals surface area contributed by atoms with Gasteiger partial charge in [0, 0.05) is 40.0 Å². The molecule has 0 saturated heterocycles. The van der Waals surface area contributed by atoms with Gasteiger partial charge < -0.3 is 20.9 Å². The molecule has 0 radical (unpaired) electrons. The van der Waals surface area contributed by atoms with E-state index in [1.54, 1.807) is 30.6 Å². The van der Waals surface area contributed by atoms with Crippen LogP contribution in [0.2, 0.25) is 0 Å². The first-order valence-electron chi connectivity index (χ1n) is 11.9. The van der Waals surface area contributed by atoms with Crippen molar-refractivity contribution in [3.05, 3.63) is 109 Å². The molecule has 3 aromatic heterocycles. The molecule has 6 aromatic rings. The zero-order valence-corrected chi connectivity index (χ0v) is 20.1. The second-order valence-electron chi connectivity index (χ2n) is 8.54. The number of nitrogens with two attached hydrogens (primary N) is 1. The standard InChI is InChI=1S/C30H22N6O2/c31-27-18-19(15-17-32-27)22-9-5-16-33-30(22)38-21-13-11-20(12-14-21)34-29-24-7-2-1-6-23(24)28(35-36-29)25-8-3-4-10-26(25)37/h1-18,37H,(H2,31,32)(H,34,36). The molecule has 0 spiro atoms. The Bertz CT molecular complexity index is 1750. The number of pyridine rings is 2. The quantitative estimate of drug-likeness (QED) is 0.236. The van der Waals surface area contributed by atoms with Crippen molar-refractivity contribution in [2.24, 2.45) is 0 Å². The van der Waals surface area contributed by atoms with Crippen molar-refractivity contribution in [2.45, 2.75) is 0 Å². The van der Waals surface area contributed by atoms with Gasteiger partial charge in [0.15, 0.2) is 5.82 Å². The molecule has 6 rings (SSSR count). The molecule has 0 aliphatic carbocycles. The normalized spacial score (nSPS) is 10.8. The third-order valence-corrected chi connectivity index (χ3v) is 6.04. The van der Waals surface area contributed by atoms with Crippen LogP contribution in [-0.2, 0) is 0 Å². The third-order valence-electron chi connectivity index (χ3n) is 6.04. The summed E-state index contributed by atoms with van der Waals surface area (Å²) >= 11 is 0. The number of ether oxygens (including phenoxy) is 1. The zero-order chi connectivity index (χ0) is 25.9. The molecule has 0 amide bonds. The number of aromatic hydroxyl groups is 1. The van der Waals surface area contributed by atoms with Crippen LogP contribution in [0.25, 0.3) is 33.2 Å². The minimum atomic E-state index is 0.159. The average molecular weight is 499 g/mol. The molecule has 0 atom stereocenters. The molecule has 38 heavy (non-hydrogen) atoms. The number of fused-ring (bicyclic) bond motifs is 1. The Kier molecular flexibility index (Phi) is 5.95. The van der Waals surface area contributed by atoms with E-state index >= 15 is 0 Å². The van der Waals surface area contributed by atoms with Gasteiger partial charge in [0.05, 0.1) is 0 Å². The Morgan fingerprint density at radius 2 is 1.47 bits per heavy atom. The predicted octanol–water partition coefficient (Wildman–Crippen LogP) is 6.58. The van der Waals surface area contributed by atoms with E-state index in [0.717, 1.165) is 27.6 Å². The number of aromatic nitrogens is 4. The highest BCUT2D eigenvalue weighted by Gasteiger charge is 2.14. The fraction of sp³-hybridized carbons (Fsp3) is 0. The molecule has 8 heteroatoms. The van der Waals surface area contributed by atoms with E-state index in [1.807, 2.05) is 78.9 Å². The lowest BCUT2D eigenvalue weighted by molar-refractivity contribution is 0.465. The van der Waals surface area contributed by atoms with Gasteiger partial charge in [-0.2, -0.15) is 0 Å². The van der Waals surface area contributed by atoms with E-state index in [1.165, 1.54) is 0 Å². The first-order valence-corrected chi connectivity index (χ1v) is 11.9. The van der Waals surface area contributed by atoms with Crippen LogP contribution in [0.4, 0.5) is 17.3 Å². The van der Waals surface area contributed by atoms with Crippen molar-refractivity contribution in [2.75, 3.05) is 11.1 Å². The van der Waals surface area contributed by atoms with Crippen LogP contribution < -0.4 is 15.8 Å². The van der Waals surface area contributed by atoms with Gasteiger partial charge in [-0.1, -0.05) is 36.4 Å². The molecular formula is C30H22N6O2. The van der Waals surface area contributed by atoms with Crippen LogP contribution in [0.5, 0.6) is 17.4 Å². The van der Waals surface area contributed by atoms with Gasteiger partial charge in [-0.3, -0.25) is 0 Å². The average Bonchev–Trinajstić information content (AvgIpc) is 2.95. The topological polar surface area (TPSA) is 119 Å². The Balaban J connectivity index is 1.26. The molecule has 0 aliphatic rings. The maximum absolute atomic E-state index is 10.3. The number of para-hydroxylation sites is 1. The SMILES string of the molecule is Nc1cc(-c2cccnc2Oc2ccc(Nc3nnc(-c4ccccc4O)c4ccccc34)cc2)ccn1. The third kappa shape index (κ3) is 4.54. The van der Waals surface area contributed by atoms with Crippen LogP contribution in [0.1, 0.15) is 0 Å². The number of hydrogen-bond acceptors (Lipinski definition) is 8. The van der Waals surface area contributed by atoms with Gasteiger partial charge in [0.1, 0.15) is 23.0 Å². The highest BCUT2D eigenvalue weighted by atomic mass is 16.5. The fourth-order valence-corrected chi connectivity index (χ4v) is 4.23. The molecular weight excluding hydrogens is 476 g/mol. The predicted molar refractivity (Wildman–Crippen MR) is 148 cm³/mol. The Morgan fingerprint density at radius 1 is 0.711 bits per heavy atom. The molecule has 0 unspecified atom stereocenters. The van der Waals surface area contributed by atoms with Gasteiger partial charge in [0.25, 0.3) is 0 Å². The van der Waals surface area contributed by atoms with Crippen LogP contribution in [0.3, 0.4) is 0 Å². The van der Waals surface area contributed by atoms with Gasteiger partial charge in [-0.25, -0.2) is 9.97 Å². The van der Waals surface area contributed by atoms with E-state index in [0.29, 0.717) is 34.5 Å². The van der Waals surface area contributed by atoms with E-state index in [4.69, 9.17) is 10.5 Å². The number of nitrogen functional groups attached to an aromatic ring is 1. The Morgan fingerprint density at radius 3 is 2.29 bits per heavy atom. The van der Waals surface area contributed by atoms with Gasteiger partial charge in [-0.05, 0) is 66.2 Å². The highest BCUT2D eigenvalue weighted by Crippen LogP contribution is 2.36. The number of phenolic OH excluding ortho intramolecular Hbond substituents is 1. The summed E-state index contributed by atoms with van der Waals surface area (Å²) in [5, 5.41) is 24.3. The monoisotopic (exact) mass is 498 g/mol. The Labute approximate surface area is 218 Å². The maximum atomic E-state index is 10.3. The van der Waals surface area contributed by atoms with Crippen molar-refractivity contribution < 1.29 is 9.84 Å². The molecule has 0 aliphatic heterocycles. The van der Waals surface area contributed by atoms with Crippen molar-refractivity contribution >= 4 is 28.1 Å². The van der Waals surface area contributed by atoms with Crippen molar-refractivity contribution in [1.82, 2.24) is 20.2 Å². The van der Waals surface area contributed by atoms with Crippen LogP contribution >= 0.6 is 0 Å². The number of hydrogen-bond donors (Lipinski definition) is 3. The lowest BCUT2D eigenvalue weighted by Gasteiger charge is -2.13. The fourth-order valence-electron chi connectivity index (χ4n) is 4.23. The summed E-state index contributed by atoms with van der Waals surface area (Å²) in [6.45, 7) is 0. The summed E-state index contributed by atoms with van der Waals surface area (Å²) in [6, 6.07) is 29.9. The summed E-state index contributed by atoms with van der Waals surface area (Å²) in [7, 11) is 0. The number of anilines is 3. The lowest BCUT2D eigenvalue weighted by Crippen LogP contribution is -1.99. The summed E-state index contributed by atoms with van der Waals surface area (Å²) < 4.78 is 6.10. The smallest absolute Gasteiger partial charge is 0.227 e. The summed E-state index contributed by atoms with van der Waals surface area (Å²) in [5.74, 6) is 2.29. The van der Waals surface area contributed by atoms with E-state index in [-0.39, 0.29) is 5.75 Å². The molecule has 0 saturated carbocycles. The molecule has 3 aromatic carbocycles. The number of rotatable bonds is 6. The first kappa shape index (κ1) is 22.9. The van der Waals surface area contributed by atoms with Crippen LogP contribution in [0.15, 0.2) is 109 Å². The second kappa shape index (κ2) is 9.87. The number of benzene rings is 3. The minimum Gasteiger partial charge on any atom is -0.507 e. The van der Waals surface area contributed by atoms with Gasteiger partial charge in [0.2, 0.25) is 5.88 Å². The van der Waals surface area contributed by atoms with Crippen molar-refractivity contribution in [1.29, 1.82) is 0 Å². The lowest BCUT2D eigenvalue weighted by atomic mass is 10.0. The van der Waals surface area contributed by atoms with Crippen molar-refractivity contribution in [3.8, 4) is 39.8 Å². The van der Waals surface area contributed by atoms with Crippen LogP contribution in [0, 0.1) is 0 Å².